The first-order valence-electron chi connectivity index (χ1n) is 4.47. The number of sulfone groups is 1. The molecule has 0 aromatic heterocycles. The number of hydrogen-bond acceptors (Lipinski definition) is 5. The molecule has 1 heterocycles. The summed E-state index contributed by atoms with van der Waals surface area (Å²) in [7, 11) is -3.43. The van der Waals surface area contributed by atoms with Crippen molar-refractivity contribution in [3.63, 3.8) is 0 Å². The topological polar surface area (TPSA) is 97.7 Å². The highest BCUT2D eigenvalue weighted by molar-refractivity contribution is 7.91. The van der Waals surface area contributed by atoms with Crippen molar-refractivity contribution >= 4 is 21.8 Å². The van der Waals surface area contributed by atoms with Crippen molar-refractivity contribution in [3.8, 4) is 0 Å². The highest BCUT2D eigenvalue weighted by atomic mass is 32.2. The molecule has 0 aromatic carbocycles. The van der Waals surface area contributed by atoms with Crippen molar-refractivity contribution < 1.29 is 27.9 Å². The summed E-state index contributed by atoms with van der Waals surface area (Å²) in [4.78, 5) is 22.0. The molecule has 0 aliphatic carbocycles. The monoisotopic (exact) mass is 236 g/mol. The van der Waals surface area contributed by atoms with Gasteiger partial charge in [-0.3, -0.25) is 9.59 Å². The summed E-state index contributed by atoms with van der Waals surface area (Å²) in [6, 6.07) is 0. The van der Waals surface area contributed by atoms with Crippen LogP contribution in [0.25, 0.3) is 0 Å². The van der Waals surface area contributed by atoms with Crippen molar-refractivity contribution in [2.45, 2.75) is 6.92 Å². The van der Waals surface area contributed by atoms with Crippen molar-refractivity contribution in [2.24, 2.45) is 11.8 Å². The van der Waals surface area contributed by atoms with Gasteiger partial charge in [-0.25, -0.2) is 8.42 Å². The lowest BCUT2D eigenvalue weighted by molar-refractivity contribution is -0.155. The van der Waals surface area contributed by atoms with Crippen molar-refractivity contribution in [1.82, 2.24) is 0 Å². The third-order valence-electron chi connectivity index (χ3n) is 2.26. The van der Waals surface area contributed by atoms with E-state index >= 15 is 0 Å². The molecule has 0 spiro atoms. The van der Waals surface area contributed by atoms with Crippen LogP contribution in [-0.4, -0.2) is 43.6 Å². The molecule has 86 valence electrons. The number of ether oxygens (including phenoxy) is 1. The number of aliphatic carboxylic acids is 1. The van der Waals surface area contributed by atoms with Gasteiger partial charge in [0.25, 0.3) is 0 Å². The fraction of sp³-hybridized carbons (Fsp3) is 0.750. The second-order valence-corrected chi connectivity index (χ2v) is 5.53. The quantitative estimate of drug-likeness (QED) is 0.650. The molecule has 1 aliphatic heterocycles. The Morgan fingerprint density at radius 3 is 2.33 bits per heavy atom. The van der Waals surface area contributed by atoms with Gasteiger partial charge in [-0.15, -0.1) is 0 Å². The van der Waals surface area contributed by atoms with Gasteiger partial charge in [-0.2, -0.15) is 0 Å². The Balaban J connectivity index is 2.87. The minimum Gasteiger partial charge on any atom is -0.481 e. The lowest BCUT2D eigenvalue weighted by Crippen LogP contribution is -2.29. The average Bonchev–Trinajstić information content (AvgIpc) is 2.42. The molecular formula is C8H12O6S. The molecule has 1 fully saturated rings. The second kappa shape index (κ2) is 4.18. The molecule has 7 heteroatoms. The Bertz CT molecular complexity index is 371. The number of rotatable bonds is 3. The molecule has 15 heavy (non-hydrogen) atoms. The largest absolute Gasteiger partial charge is 0.481 e. The Kier molecular flexibility index (Phi) is 3.33. The molecule has 1 aliphatic rings. The summed E-state index contributed by atoms with van der Waals surface area (Å²) >= 11 is 0. The molecule has 1 N–H and O–H groups in total. The first kappa shape index (κ1) is 12.0. The smallest absolute Gasteiger partial charge is 0.310 e. The van der Waals surface area contributed by atoms with Crippen LogP contribution in [0.1, 0.15) is 6.92 Å². The van der Waals surface area contributed by atoms with Gasteiger partial charge < -0.3 is 9.84 Å². The molecule has 6 nitrogen and oxygen atoms in total. The third kappa shape index (κ3) is 2.68. The van der Waals surface area contributed by atoms with E-state index in [4.69, 9.17) is 5.11 Å². The van der Waals surface area contributed by atoms with Gasteiger partial charge >= 0.3 is 11.9 Å². The molecule has 1 rings (SSSR count). The molecule has 0 amide bonds. The molecule has 0 aromatic rings. The van der Waals surface area contributed by atoms with Crippen molar-refractivity contribution in [2.75, 3.05) is 18.1 Å². The van der Waals surface area contributed by atoms with Crippen LogP contribution in [0.5, 0.6) is 0 Å². The zero-order valence-electron chi connectivity index (χ0n) is 8.17. The maximum atomic E-state index is 11.3. The van der Waals surface area contributed by atoms with E-state index in [1.807, 2.05) is 0 Å². The molecule has 2 atom stereocenters. The lowest BCUT2D eigenvalue weighted by atomic mass is 9.96. The van der Waals surface area contributed by atoms with Gasteiger partial charge in [0.05, 0.1) is 29.9 Å². The number of carboxylic acid groups (broad SMARTS) is 1. The van der Waals surface area contributed by atoms with E-state index in [-0.39, 0.29) is 6.61 Å². The van der Waals surface area contributed by atoms with Crippen LogP contribution in [0, 0.1) is 11.8 Å². The van der Waals surface area contributed by atoms with E-state index in [9.17, 15) is 18.0 Å². The van der Waals surface area contributed by atoms with E-state index in [2.05, 4.69) is 4.74 Å². The van der Waals surface area contributed by atoms with E-state index < -0.39 is 45.1 Å². The van der Waals surface area contributed by atoms with Crippen LogP contribution in [0.15, 0.2) is 0 Å². The first-order chi connectivity index (χ1) is 6.87. The van der Waals surface area contributed by atoms with Gasteiger partial charge in [0, 0.05) is 0 Å². The Morgan fingerprint density at radius 2 is 1.87 bits per heavy atom. The summed E-state index contributed by atoms with van der Waals surface area (Å²) in [5.41, 5.74) is 0. The predicted octanol–water partition coefficient (Wildman–Crippen LogP) is -0.705. The van der Waals surface area contributed by atoms with E-state index in [0.717, 1.165) is 0 Å². The summed E-state index contributed by atoms with van der Waals surface area (Å²) in [6.45, 7) is 1.69. The fourth-order valence-electron chi connectivity index (χ4n) is 1.57. The first-order valence-corrected chi connectivity index (χ1v) is 6.29. The van der Waals surface area contributed by atoms with Gasteiger partial charge in [0.15, 0.2) is 9.84 Å². The van der Waals surface area contributed by atoms with Crippen LogP contribution < -0.4 is 0 Å². The summed E-state index contributed by atoms with van der Waals surface area (Å²) in [5.74, 6) is -5.16. The number of esters is 1. The maximum absolute atomic E-state index is 11.3. The van der Waals surface area contributed by atoms with Crippen molar-refractivity contribution in [3.05, 3.63) is 0 Å². The van der Waals surface area contributed by atoms with Gasteiger partial charge in [-0.05, 0) is 6.92 Å². The zero-order valence-corrected chi connectivity index (χ0v) is 8.99. The Hall–Kier alpha value is -1.11. The minimum atomic E-state index is -3.43. The number of carbonyl (C=O) groups is 2. The normalized spacial score (nSPS) is 28.6. The predicted molar refractivity (Wildman–Crippen MR) is 49.9 cm³/mol. The summed E-state index contributed by atoms with van der Waals surface area (Å²) in [6.07, 6.45) is 0. The summed E-state index contributed by atoms with van der Waals surface area (Å²) in [5, 5.41) is 8.76. The van der Waals surface area contributed by atoms with Crippen LogP contribution in [0.4, 0.5) is 0 Å². The lowest BCUT2D eigenvalue weighted by Gasteiger charge is -2.11. The highest BCUT2D eigenvalue weighted by Gasteiger charge is 2.46. The molecular weight excluding hydrogens is 224 g/mol. The second-order valence-electron chi connectivity index (χ2n) is 3.38. The van der Waals surface area contributed by atoms with Crippen molar-refractivity contribution in [1.29, 1.82) is 0 Å². The molecule has 0 saturated carbocycles. The standard InChI is InChI=1S/C8H12O6S/c1-2-14-8(11)6-4-15(12,13)3-5(6)7(9)10/h5-6H,2-4H2,1H3,(H,9,10)/t5-,6+/m0/s1. The minimum absolute atomic E-state index is 0.113. The molecule has 0 bridgehead atoms. The Labute approximate surface area is 87.1 Å². The fourth-order valence-corrected chi connectivity index (χ4v) is 3.55. The van der Waals surface area contributed by atoms with Gasteiger partial charge in [0.2, 0.25) is 0 Å². The van der Waals surface area contributed by atoms with Crippen LogP contribution in [-0.2, 0) is 24.2 Å². The average molecular weight is 236 g/mol. The zero-order chi connectivity index (χ0) is 11.6. The van der Waals surface area contributed by atoms with E-state index in [1.165, 1.54) is 0 Å². The highest BCUT2D eigenvalue weighted by Crippen LogP contribution is 2.26. The maximum Gasteiger partial charge on any atom is 0.310 e. The third-order valence-corrected chi connectivity index (χ3v) is 3.99. The van der Waals surface area contributed by atoms with Crippen LogP contribution in [0.3, 0.4) is 0 Å². The van der Waals surface area contributed by atoms with Gasteiger partial charge in [0.1, 0.15) is 0 Å². The SMILES string of the molecule is CCOC(=O)[C@@H]1CS(=O)(=O)C[C@@H]1C(=O)O. The van der Waals surface area contributed by atoms with E-state index in [0.29, 0.717) is 0 Å². The van der Waals surface area contributed by atoms with Gasteiger partial charge in [-0.1, -0.05) is 0 Å². The Morgan fingerprint density at radius 1 is 1.33 bits per heavy atom. The molecule has 1 saturated heterocycles. The molecule has 0 unspecified atom stereocenters. The number of hydrogen-bond donors (Lipinski definition) is 1. The summed E-state index contributed by atoms with van der Waals surface area (Å²) < 4.78 is 27.0. The van der Waals surface area contributed by atoms with Crippen LogP contribution in [0.2, 0.25) is 0 Å². The molecule has 0 radical (unpaired) electrons. The van der Waals surface area contributed by atoms with E-state index in [1.54, 1.807) is 6.92 Å². The number of carbonyl (C=O) groups excluding carboxylic acids is 1. The van der Waals surface area contributed by atoms with Crippen LogP contribution >= 0.6 is 0 Å². The number of carboxylic acids is 1.